The maximum Gasteiger partial charge on any atom is 0.305 e. The molecule has 1 N–H and O–H groups in total. The van der Waals surface area contributed by atoms with Crippen molar-refractivity contribution in [1.82, 2.24) is 8.87 Å². The van der Waals surface area contributed by atoms with Crippen LogP contribution >= 0.6 is 35.1 Å². The van der Waals surface area contributed by atoms with Gasteiger partial charge >= 0.3 is 5.97 Å². The summed E-state index contributed by atoms with van der Waals surface area (Å²) in [5, 5.41) is 10.2. The highest BCUT2D eigenvalue weighted by Crippen LogP contribution is 2.41. The summed E-state index contributed by atoms with van der Waals surface area (Å²) in [6.07, 6.45) is 2.04. The van der Waals surface area contributed by atoms with Crippen molar-refractivity contribution in [1.29, 1.82) is 0 Å². The molecule has 2 aromatic rings. The lowest BCUT2D eigenvalue weighted by molar-refractivity contribution is -0.138. The monoisotopic (exact) mass is 356 g/mol. The number of nitrogens with zero attached hydrogens (tertiary/aromatic N) is 2. The molecule has 0 saturated carbocycles. The van der Waals surface area contributed by atoms with Gasteiger partial charge in [-0.25, -0.2) is 4.31 Å². The Hall–Kier alpha value is -1.14. The molecule has 3 rings (SSSR count). The van der Waals surface area contributed by atoms with Gasteiger partial charge in [-0.15, -0.1) is 0 Å². The molecule has 1 aliphatic rings. The molecule has 1 aromatic carbocycles. The molecule has 0 aliphatic carbocycles. The first-order valence-corrected chi connectivity index (χ1v) is 8.34. The van der Waals surface area contributed by atoms with E-state index in [2.05, 4.69) is 8.87 Å². The van der Waals surface area contributed by atoms with E-state index in [0.717, 1.165) is 23.7 Å². The minimum Gasteiger partial charge on any atom is -0.481 e. The van der Waals surface area contributed by atoms with E-state index in [-0.39, 0.29) is 12.5 Å². The Labute approximate surface area is 142 Å². The largest absolute Gasteiger partial charge is 0.481 e. The molecule has 116 valence electrons. The van der Waals surface area contributed by atoms with Gasteiger partial charge in [0.15, 0.2) is 0 Å². The minimum atomic E-state index is -0.817. The average Bonchev–Trinajstić information content (AvgIpc) is 2.94. The number of carbonyl (C=O) groups is 1. The Kier molecular flexibility index (Phi) is 4.68. The molecule has 0 radical (unpaired) electrons. The summed E-state index contributed by atoms with van der Waals surface area (Å²) in [4.78, 5) is 12.1. The van der Waals surface area contributed by atoms with Crippen LogP contribution in [-0.4, -0.2) is 26.5 Å². The number of carboxylic acid groups (broad SMARTS) is 1. The van der Waals surface area contributed by atoms with Gasteiger partial charge in [0.05, 0.1) is 22.5 Å². The fourth-order valence-electron chi connectivity index (χ4n) is 2.60. The molecule has 0 bridgehead atoms. The van der Waals surface area contributed by atoms with E-state index in [0.29, 0.717) is 10.0 Å². The summed E-state index contributed by atoms with van der Waals surface area (Å²) in [6.45, 7) is 1.57. The van der Waals surface area contributed by atoms with Crippen LogP contribution < -0.4 is 0 Å². The first-order valence-electron chi connectivity index (χ1n) is 6.81. The van der Waals surface area contributed by atoms with Crippen molar-refractivity contribution in [2.24, 2.45) is 0 Å². The van der Waals surface area contributed by atoms with Gasteiger partial charge in [-0.3, -0.25) is 4.79 Å². The average molecular weight is 357 g/mol. The van der Waals surface area contributed by atoms with Gasteiger partial charge < -0.3 is 9.67 Å². The maximum absolute atomic E-state index is 11.2. The molecule has 1 aliphatic heterocycles. The minimum absolute atomic E-state index is 0.0508. The molecule has 0 spiro atoms. The van der Waals surface area contributed by atoms with Crippen LogP contribution in [0, 0.1) is 0 Å². The van der Waals surface area contributed by atoms with Crippen LogP contribution in [-0.2, 0) is 11.3 Å². The zero-order valence-corrected chi connectivity index (χ0v) is 13.9. The third-order valence-corrected chi connectivity index (χ3v) is 5.75. The lowest BCUT2D eigenvalue weighted by Gasteiger charge is -2.35. The predicted octanol–water partition coefficient (Wildman–Crippen LogP) is 4.33. The van der Waals surface area contributed by atoms with Crippen molar-refractivity contribution >= 4 is 41.1 Å². The number of rotatable bonds is 4. The maximum atomic E-state index is 11.2. The highest BCUT2D eigenvalue weighted by molar-refractivity contribution is 7.97. The molecule has 22 heavy (non-hydrogen) atoms. The first kappa shape index (κ1) is 15.7. The molecule has 1 aromatic heterocycles. The van der Waals surface area contributed by atoms with E-state index in [1.807, 2.05) is 30.5 Å². The highest BCUT2D eigenvalue weighted by Gasteiger charge is 2.30. The van der Waals surface area contributed by atoms with E-state index in [1.54, 1.807) is 6.07 Å². The van der Waals surface area contributed by atoms with Crippen molar-refractivity contribution in [2.45, 2.75) is 23.9 Å². The first-order chi connectivity index (χ1) is 10.6. The van der Waals surface area contributed by atoms with Gasteiger partial charge in [-0.1, -0.05) is 29.3 Å². The van der Waals surface area contributed by atoms with Crippen LogP contribution in [0.4, 0.5) is 0 Å². The van der Waals surface area contributed by atoms with Crippen LogP contribution in [0.5, 0.6) is 0 Å². The summed E-state index contributed by atoms with van der Waals surface area (Å²) < 4.78 is 4.17. The Morgan fingerprint density at radius 3 is 2.86 bits per heavy atom. The van der Waals surface area contributed by atoms with Crippen molar-refractivity contribution in [3.63, 3.8) is 0 Å². The highest BCUT2D eigenvalue weighted by atomic mass is 35.5. The molecule has 4 nitrogen and oxygen atoms in total. The van der Waals surface area contributed by atoms with Crippen molar-refractivity contribution in [2.75, 3.05) is 6.54 Å². The summed E-state index contributed by atoms with van der Waals surface area (Å²) in [5.41, 5.74) is 1.01. The van der Waals surface area contributed by atoms with E-state index < -0.39 is 5.97 Å². The number of hydrogen-bond acceptors (Lipinski definition) is 3. The number of hydrogen-bond donors (Lipinski definition) is 1. The van der Waals surface area contributed by atoms with Crippen LogP contribution in [0.15, 0.2) is 41.4 Å². The molecular weight excluding hydrogens is 343 g/mol. The second kappa shape index (κ2) is 6.54. The third-order valence-electron chi connectivity index (χ3n) is 3.61. The smallest absolute Gasteiger partial charge is 0.305 e. The molecule has 0 amide bonds. The third kappa shape index (κ3) is 3.13. The zero-order chi connectivity index (χ0) is 15.7. The summed E-state index contributed by atoms with van der Waals surface area (Å²) in [7, 11) is 0. The Bertz CT molecular complexity index is 705. The Morgan fingerprint density at radius 1 is 1.27 bits per heavy atom. The van der Waals surface area contributed by atoms with Crippen LogP contribution in [0.3, 0.4) is 0 Å². The molecule has 0 fully saturated rings. The van der Waals surface area contributed by atoms with Crippen LogP contribution in [0.1, 0.15) is 18.2 Å². The van der Waals surface area contributed by atoms with Gasteiger partial charge in [0.25, 0.3) is 0 Å². The van der Waals surface area contributed by atoms with Gasteiger partial charge in [-0.2, -0.15) is 0 Å². The normalized spacial score (nSPS) is 18.2. The molecule has 1 atom stereocenters. The van der Waals surface area contributed by atoms with Gasteiger partial charge in [-0.05, 0) is 36.2 Å². The number of halogens is 2. The molecular formula is C15H14Cl2N2O2S. The lowest BCUT2D eigenvalue weighted by atomic mass is 10.1. The van der Waals surface area contributed by atoms with Gasteiger partial charge in [0.1, 0.15) is 0 Å². The number of aromatic nitrogens is 1. The Morgan fingerprint density at radius 2 is 2.09 bits per heavy atom. The number of benzene rings is 1. The second-order valence-electron chi connectivity index (χ2n) is 5.02. The summed E-state index contributed by atoms with van der Waals surface area (Å²) in [5.74, 6) is -0.817. The fraction of sp³-hybridized carbons (Fsp3) is 0.267. The molecule has 0 saturated heterocycles. The standard InChI is InChI=1S/C15H14Cl2N2O2S/c16-10-3-1-5-13(15(10)17)22-19-8-7-18-6-2-4-11(18)12(19)9-14(20)21/h1-6,12H,7-9H2,(H,20,21). The summed E-state index contributed by atoms with van der Waals surface area (Å²) in [6, 6.07) is 9.20. The van der Waals surface area contributed by atoms with Crippen LogP contribution in [0.25, 0.3) is 0 Å². The van der Waals surface area contributed by atoms with E-state index in [1.165, 1.54) is 11.9 Å². The number of aliphatic carboxylic acids is 1. The van der Waals surface area contributed by atoms with Crippen LogP contribution in [0.2, 0.25) is 10.0 Å². The van der Waals surface area contributed by atoms with E-state index in [4.69, 9.17) is 23.2 Å². The predicted molar refractivity (Wildman–Crippen MR) is 88.5 cm³/mol. The second-order valence-corrected chi connectivity index (χ2v) is 6.90. The zero-order valence-electron chi connectivity index (χ0n) is 11.6. The lowest BCUT2D eigenvalue weighted by Crippen LogP contribution is -2.34. The van der Waals surface area contributed by atoms with E-state index >= 15 is 0 Å². The molecule has 1 unspecified atom stereocenters. The van der Waals surface area contributed by atoms with Gasteiger partial charge in [0, 0.05) is 29.9 Å². The summed E-state index contributed by atoms with van der Waals surface area (Å²) >= 11 is 13.8. The fourth-order valence-corrected chi connectivity index (χ4v) is 4.13. The quantitative estimate of drug-likeness (QED) is 0.828. The Balaban J connectivity index is 1.89. The number of fused-ring (bicyclic) bond motifs is 1. The van der Waals surface area contributed by atoms with E-state index in [9.17, 15) is 9.90 Å². The number of carboxylic acids is 1. The molecule has 7 heteroatoms. The SMILES string of the molecule is O=C(O)CC1c2cccn2CCN1Sc1cccc(Cl)c1Cl. The van der Waals surface area contributed by atoms with Crippen molar-refractivity contribution < 1.29 is 9.90 Å². The van der Waals surface area contributed by atoms with Gasteiger partial charge in [0.2, 0.25) is 0 Å². The topological polar surface area (TPSA) is 45.5 Å². The van der Waals surface area contributed by atoms with Crippen molar-refractivity contribution in [3.8, 4) is 0 Å². The molecule has 2 heterocycles. The van der Waals surface area contributed by atoms with Crippen molar-refractivity contribution in [3.05, 3.63) is 52.3 Å².